The maximum Gasteiger partial charge on any atom is 0.287 e. The molecule has 0 amide bonds. The molecule has 0 heterocycles. The Morgan fingerprint density at radius 2 is 1.86 bits per heavy atom. The van der Waals surface area contributed by atoms with Gasteiger partial charge in [0.15, 0.2) is 0 Å². The lowest BCUT2D eigenvalue weighted by atomic mass is 10.1. The van der Waals surface area contributed by atoms with E-state index in [2.05, 4.69) is 0 Å². The molecule has 0 aliphatic heterocycles. The minimum atomic E-state index is -2.69. The number of ether oxygens (including phenoxy) is 1. The van der Waals surface area contributed by atoms with Crippen molar-refractivity contribution in [1.29, 1.82) is 0 Å². The van der Waals surface area contributed by atoms with Crippen LogP contribution < -0.4 is 4.74 Å². The van der Waals surface area contributed by atoms with Crippen molar-refractivity contribution >= 4 is 23.2 Å². The average molecular weight is 239 g/mol. The van der Waals surface area contributed by atoms with Crippen LogP contribution in [0.1, 0.15) is 11.7 Å². The van der Waals surface area contributed by atoms with Gasteiger partial charge in [-0.3, -0.25) is 0 Å². The molecular formula is C9H9Cl2FO2. The van der Waals surface area contributed by atoms with Crippen LogP contribution in [0.5, 0.6) is 5.75 Å². The van der Waals surface area contributed by atoms with Crippen molar-refractivity contribution in [2.45, 2.75) is 10.7 Å². The molecule has 1 rings (SSSR count). The fourth-order valence-electron chi connectivity index (χ4n) is 0.975. The Balaban J connectivity index is 2.87. The van der Waals surface area contributed by atoms with E-state index < -0.39 is 10.7 Å². The van der Waals surface area contributed by atoms with E-state index in [4.69, 9.17) is 27.9 Å². The molecule has 0 aliphatic rings. The molecule has 1 aromatic carbocycles. The number of benzene rings is 1. The highest BCUT2D eigenvalue weighted by Gasteiger charge is 2.34. The van der Waals surface area contributed by atoms with Crippen molar-refractivity contribution < 1.29 is 14.2 Å². The summed E-state index contributed by atoms with van der Waals surface area (Å²) in [5, 5.41) is 9.34. The van der Waals surface area contributed by atoms with Crippen molar-refractivity contribution in [1.82, 2.24) is 0 Å². The molecular weight excluding hydrogens is 230 g/mol. The Kier molecular flexibility index (Phi) is 3.59. The summed E-state index contributed by atoms with van der Waals surface area (Å²) in [4.78, 5) is 0. The Labute approximate surface area is 91.2 Å². The fourth-order valence-corrected chi connectivity index (χ4v) is 1.23. The van der Waals surface area contributed by atoms with Gasteiger partial charge in [0.1, 0.15) is 11.9 Å². The van der Waals surface area contributed by atoms with Crippen LogP contribution in [0.25, 0.3) is 0 Å². The topological polar surface area (TPSA) is 29.5 Å². The van der Waals surface area contributed by atoms with Crippen molar-refractivity contribution in [3.8, 4) is 5.75 Å². The van der Waals surface area contributed by atoms with Crippen LogP contribution >= 0.6 is 23.2 Å². The van der Waals surface area contributed by atoms with Crippen LogP contribution in [0.4, 0.5) is 4.39 Å². The molecule has 0 fully saturated rings. The molecule has 1 aromatic rings. The summed E-state index contributed by atoms with van der Waals surface area (Å²) in [5.41, 5.74) is 0.290. The Morgan fingerprint density at radius 3 is 2.21 bits per heavy atom. The zero-order chi connectivity index (χ0) is 10.8. The highest BCUT2D eigenvalue weighted by molar-refractivity contribution is 6.47. The number of aliphatic hydroxyl groups excluding tert-OH is 1. The Hall–Kier alpha value is -0.510. The first-order valence-corrected chi connectivity index (χ1v) is 4.59. The van der Waals surface area contributed by atoms with Crippen molar-refractivity contribution in [2.24, 2.45) is 0 Å². The molecule has 0 saturated heterocycles. The number of hydrogen-bond acceptors (Lipinski definition) is 2. The third kappa shape index (κ3) is 2.74. The molecule has 0 aliphatic carbocycles. The van der Waals surface area contributed by atoms with E-state index in [1.165, 1.54) is 19.2 Å². The standard InChI is InChI=1S/C9H9Cl2FO2/c1-14-7-4-2-6(3-5-7)8(13)9(10,11)12/h2-5,8,13H,1H3. The van der Waals surface area contributed by atoms with Crippen LogP contribution in [0.15, 0.2) is 24.3 Å². The SMILES string of the molecule is COc1ccc(C(O)C(F)(Cl)Cl)cc1. The lowest BCUT2D eigenvalue weighted by Gasteiger charge is -2.17. The number of hydrogen-bond donors (Lipinski definition) is 1. The van der Waals surface area contributed by atoms with E-state index in [1.54, 1.807) is 12.1 Å². The largest absolute Gasteiger partial charge is 0.497 e. The smallest absolute Gasteiger partial charge is 0.287 e. The fraction of sp³-hybridized carbons (Fsp3) is 0.333. The van der Waals surface area contributed by atoms with Crippen molar-refractivity contribution in [3.05, 3.63) is 29.8 Å². The molecule has 1 atom stereocenters. The van der Waals surface area contributed by atoms with Gasteiger partial charge >= 0.3 is 0 Å². The van der Waals surface area contributed by atoms with Gasteiger partial charge in [-0.05, 0) is 17.7 Å². The quantitative estimate of drug-likeness (QED) is 0.822. The molecule has 0 radical (unpaired) electrons. The first-order valence-electron chi connectivity index (χ1n) is 3.84. The van der Waals surface area contributed by atoms with Crippen LogP contribution in [0, 0.1) is 0 Å². The zero-order valence-corrected chi connectivity index (χ0v) is 8.89. The summed E-state index contributed by atoms with van der Waals surface area (Å²) in [7, 11) is 1.51. The number of methoxy groups -OCH3 is 1. The van der Waals surface area contributed by atoms with E-state index in [-0.39, 0.29) is 0 Å². The maximum absolute atomic E-state index is 12.9. The number of halogens is 3. The van der Waals surface area contributed by atoms with Crippen LogP contribution in [-0.4, -0.2) is 16.8 Å². The monoisotopic (exact) mass is 238 g/mol. The molecule has 14 heavy (non-hydrogen) atoms. The van der Waals surface area contributed by atoms with Gasteiger partial charge in [-0.15, -0.1) is 0 Å². The predicted molar refractivity (Wildman–Crippen MR) is 53.5 cm³/mol. The summed E-state index contributed by atoms with van der Waals surface area (Å²) in [6, 6.07) is 6.14. The minimum Gasteiger partial charge on any atom is -0.497 e. The van der Waals surface area contributed by atoms with Gasteiger partial charge in [0.25, 0.3) is 4.59 Å². The Bertz CT molecular complexity index is 295. The third-order valence-electron chi connectivity index (χ3n) is 1.74. The van der Waals surface area contributed by atoms with E-state index in [9.17, 15) is 9.50 Å². The molecule has 2 nitrogen and oxygen atoms in total. The van der Waals surface area contributed by atoms with Gasteiger partial charge in [0, 0.05) is 0 Å². The van der Waals surface area contributed by atoms with E-state index >= 15 is 0 Å². The number of alkyl halides is 3. The minimum absolute atomic E-state index is 0.290. The van der Waals surface area contributed by atoms with Gasteiger partial charge in [-0.25, -0.2) is 4.39 Å². The van der Waals surface area contributed by atoms with Gasteiger partial charge < -0.3 is 9.84 Å². The van der Waals surface area contributed by atoms with E-state index in [0.29, 0.717) is 11.3 Å². The van der Waals surface area contributed by atoms with Gasteiger partial charge in [-0.2, -0.15) is 0 Å². The van der Waals surface area contributed by atoms with E-state index in [1.807, 2.05) is 0 Å². The average Bonchev–Trinajstić information content (AvgIpc) is 2.15. The molecule has 0 bridgehead atoms. The lowest BCUT2D eigenvalue weighted by molar-refractivity contribution is 0.0979. The first-order chi connectivity index (χ1) is 6.45. The summed E-state index contributed by atoms with van der Waals surface area (Å²) < 4.78 is 15.1. The molecule has 0 saturated carbocycles. The molecule has 1 unspecified atom stereocenters. The highest BCUT2D eigenvalue weighted by atomic mass is 35.5. The molecule has 5 heteroatoms. The summed E-state index contributed by atoms with van der Waals surface area (Å²) in [5.74, 6) is 0.606. The van der Waals surface area contributed by atoms with Crippen LogP contribution in [0.2, 0.25) is 0 Å². The summed E-state index contributed by atoms with van der Waals surface area (Å²) in [6.07, 6.45) is -1.57. The second-order valence-electron chi connectivity index (χ2n) is 2.72. The second kappa shape index (κ2) is 4.34. The molecule has 0 spiro atoms. The van der Waals surface area contributed by atoms with Crippen LogP contribution in [-0.2, 0) is 0 Å². The first kappa shape index (κ1) is 11.6. The molecule has 78 valence electrons. The van der Waals surface area contributed by atoms with Gasteiger partial charge in [-0.1, -0.05) is 35.3 Å². The van der Waals surface area contributed by atoms with Crippen molar-refractivity contribution in [3.63, 3.8) is 0 Å². The Morgan fingerprint density at radius 1 is 1.36 bits per heavy atom. The summed E-state index contributed by atoms with van der Waals surface area (Å²) in [6.45, 7) is 0. The second-order valence-corrected chi connectivity index (χ2v) is 4.01. The van der Waals surface area contributed by atoms with E-state index in [0.717, 1.165) is 0 Å². The van der Waals surface area contributed by atoms with Crippen LogP contribution in [0.3, 0.4) is 0 Å². The molecule has 1 N–H and O–H groups in total. The summed E-state index contributed by atoms with van der Waals surface area (Å²) >= 11 is 10.2. The highest BCUT2D eigenvalue weighted by Crippen LogP contribution is 2.37. The normalized spacial score (nSPS) is 13.8. The zero-order valence-electron chi connectivity index (χ0n) is 7.38. The van der Waals surface area contributed by atoms with Gasteiger partial charge in [0.05, 0.1) is 7.11 Å². The third-order valence-corrected chi connectivity index (χ3v) is 2.15. The number of aliphatic hydroxyl groups is 1. The lowest BCUT2D eigenvalue weighted by Crippen LogP contribution is -2.17. The molecule has 0 aromatic heterocycles. The van der Waals surface area contributed by atoms with Crippen molar-refractivity contribution in [2.75, 3.05) is 7.11 Å². The number of rotatable bonds is 3. The van der Waals surface area contributed by atoms with Gasteiger partial charge in [0.2, 0.25) is 0 Å². The predicted octanol–water partition coefficient (Wildman–Crippen LogP) is 2.83. The maximum atomic E-state index is 12.9.